The third-order valence-electron chi connectivity index (χ3n) is 6.97. The molecule has 0 fully saturated rings. The fourth-order valence-corrected chi connectivity index (χ4v) is 4.65. The van der Waals surface area contributed by atoms with E-state index in [1.165, 1.54) is 0 Å². The van der Waals surface area contributed by atoms with Crippen LogP contribution in [-0.4, -0.2) is 26.7 Å². The van der Waals surface area contributed by atoms with Crippen molar-refractivity contribution >= 4 is 12.0 Å². The van der Waals surface area contributed by atoms with Gasteiger partial charge in [-0.3, -0.25) is 4.79 Å². The molecule has 4 rings (SSSR count). The van der Waals surface area contributed by atoms with Gasteiger partial charge < -0.3 is 24.3 Å². The Labute approximate surface area is 255 Å². The second-order valence-corrected chi connectivity index (χ2v) is 11.2. The zero-order chi connectivity index (χ0) is 30.7. The minimum absolute atomic E-state index is 0.170. The second kappa shape index (κ2) is 15.0. The third-order valence-corrected chi connectivity index (χ3v) is 6.97. The molecular weight excluding hydrogens is 538 g/mol. The first kappa shape index (κ1) is 31.2. The van der Waals surface area contributed by atoms with E-state index in [2.05, 4.69) is 26.1 Å². The topological polar surface area (TPSA) is 66.0 Å². The maximum atomic E-state index is 12.8. The summed E-state index contributed by atoms with van der Waals surface area (Å²) in [5.41, 5.74) is 4.97. The highest BCUT2D eigenvalue weighted by Crippen LogP contribution is 2.37. The van der Waals surface area contributed by atoms with Crippen LogP contribution in [0, 0.1) is 0 Å². The largest absolute Gasteiger partial charge is 0.493 e. The first-order valence-corrected chi connectivity index (χ1v) is 14.5. The quantitative estimate of drug-likeness (QED) is 0.166. The van der Waals surface area contributed by atoms with Crippen molar-refractivity contribution in [1.29, 1.82) is 0 Å². The van der Waals surface area contributed by atoms with E-state index >= 15 is 0 Å². The second-order valence-electron chi connectivity index (χ2n) is 11.2. The molecule has 0 aliphatic heterocycles. The summed E-state index contributed by atoms with van der Waals surface area (Å²) in [6.07, 6.45) is 4.06. The lowest BCUT2D eigenvalue weighted by molar-refractivity contribution is -0.116. The summed E-state index contributed by atoms with van der Waals surface area (Å²) in [6, 6.07) is 29.8. The molecule has 224 valence electrons. The van der Waals surface area contributed by atoms with Crippen LogP contribution in [0.3, 0.4) is 0 Å². The molecule has 0 aliphatic carbocycles. The number of nitrogens with one attached hydrogen (secondary N) is 1. The van der Waals surface area contributed by atoms with Gasteiger partial charge in [0.05, 0.1) is 14.2 Å². The van der Waals surface area contributed by atoms with Crippen LogP contribution >= 0.6 is 0 Å². The van der Waals surface area contributed by atoms with Gasteiger partial charge in [0, 0.05) is 12.6 Å². The molecule has 43 heavy (non-hydrogen) atoms. The van der Waals surface area contributed by atoms with Crippen LogP contribution in [0.25, 0.3) is 6.08 Å². The van der Waals surface area contributed by atoms with Crippen LogP contribution in [0.4, 0.5) is 0 Å². The number of methoxy groups -OCH3 is 2. The number of ether oxygens (including phenoxy) is 4. The average molecular weight is 580 g/mol. The van der Waals surface area contributed by atoms with Crippen molar-refractivity contribution in [1.82, 2.24) is 5.32 Å². The summed E-state index contributed by atoms with van der Waals surface area (Å²) >= 11 is 0. The number of hydrogen-bond acceptors (Lipinski definition) is 5. The molecule has 0 radical (unpaired) electrons. The van der Waals surface area contributed by atoms with E-state index in [-0.39, 0.29) is 11.3 Å². The molecule has 0 bridgehead atoms. The van der Waals surface area contributed by atoms with Gasteiger partial charge in [-0.2, -0.15) is 0 Å². The van der Waals surface area contributed by atoms with E-state index in [0.29, 0.717) is 49.2 Å². The molecule has 4 aromatic rings. The van der Waals surface area contributed by atoms with Crippen LogP contribution in [-0.2, 0) is 29.8 Å². The summed E-state index contributed by atoms with van der Waals surface area (Å²) in [5, 5.41) is 3.00. The molecule has 0 aromatic heterocycles. The summed E-state index contributed by atoms with van der Waals surface area (Å²) in [4.78, 5) is 12.8. The Balaban J connectivity index is 1.40. The van der Waals surface area contributed by atoms with Gasteiger partial charge in [-0.25, -0.2) is 0 Å². The smallest absolute Gasteiger partial charge is 0.244 e. The van der Waals surface area contributed by atoms with Gasteiger partial charge >= 0.3 is 0 Å². The van der Waals surface area contributed by atoms with Crippen LogP contribution in [0.15, 0.2) is 97.1 Å². The molecule has 0 saturated heterocycles. The standard InChI is InChI=1S/C37H41NO5/c1-37(2,3)31-24-33(41-5)35(43-26-29-14-10-7-11-15-29)23-30(31)17-19-36(39)38-21-20-27-16-18-32(40-4)34(22-27)42-25-28-12-8-6-9-13-28/h6-19,22-24H,20-21,25-26H2,1-5H3,(H,38,39). The minimum atomic E-state index is -0.171. The van der Waals surface area contributed by atoms with Gasteiger partial charge in [-0.1, -0.05) is 87.5 Å². The zero-order valence-electron chi connectivity index (χ0n) is 25.7. The monoisotopic (exact) mass is 579 g/mol. The molecule has 0 atom stereocenters. The van der Waals surface area contributed by atoms with Crippen molar-refractivity contribution < 1.29 is 23.7 Å². The van der Waals surface area contributed by atoms with Crippen LogP contribution in [0.5, 0.6) is 23.0 Å². The molecule has 6 nitrogen and oxygen atoms in total. The summed E-state index contributed by atoms with van der Waals surface area (Å²) in [6.45, 7) is 7.75. The molecule has 0 saturated carbocycles. The predicted molar refractivity (Wildman–Crippen MR) is 172 cm³/mol. The Morgan fingerprint density at radius 1 is 0.698 bits per heavy atom. The summed E-state index contributed by atoms with van der Waals surface area (Å²) in [7, 11) is 3.27. The first-order valence-electron chi connectivity index (χ1n) is 14.5. The van der Waals surface area contributed by atoms with Crippen molar-refractivity contribution in [3.63, 3.8) is 0 Å². The van der Waals surface area contributed by atoms with E-state index < -0.39 is 0 Å². The van der Waals surface area contributed by atoms with Gasteiger partial charge in [0.2, 0.25) is 5.91 Å². The van der Waals surface area contributed by atoms with Crippen molar-refractivity contribution in [2.75, 3.05) is 20.8 Å². The zero-order valence-corrected chi connectivity index (χ0v) is 25.7. The lowest BCUT2D eigenvalue weighted by Crippen LogP contribution is -2.23. The SMILES string of the molecule is COc1ccc(CCNC(=O)C=Cc2cc(OCc3ccccc3)c(OC)cc2C(C)(C)C)cc1OCc1ccccc1. The highest BCUT2D eigenvalue weighted by molar-refractivity contribution is 5.92. The highest BCUT2D eigenvalue weighted by atomic mass is 16.5. The maximum Gasteiger partial charge on any atom is 0.244 e. The Bertz CT molecular complexity index is 1510. The van der Waals surface area contributed by atoms with E-state index in [1.54, 1.807) is 20.3 Å². The average Bonchev–Trinajstić information content (AvgIpc) is 3.02. The molecule has 1 amide bonds. The Morgan fingerprint density at radius 3 is 1.84 bits per heavy atom. The third kappa shape index (κ3) is 9.14. The van der Waals surface area contributed by atoms with Crippen molar-refractivity contribution in [2.24, 2.45) is 0 Å². The minimum Gasteiger partial charge on any atom is -0.493 e. The number of rotatable bonds is 13. The molecule has 4 aromatic carbocycles. The van der Waals surface area contributed by atoms with Gasteiger partial charge in [0.15, 0.2) is 23.0 Å². The van der Waals surface area contributed by atoms with E-state index in [0.717, 1.165) is 27.8 Å². The van der Waals surface area contributed by atoms with E-state index in [4.69, 9.17) is 18.9 Å². The number of benzene rings is 4. The maximum absolute atomic E-state index is 12.8. The van der Waals surface area contributed by atoms with Crippen molar-refractivity contribution in [3.8, 4) is 23.0 Å². The number of carbonyl (C=O) groups is 1. The molecule has 0 heterocycles. The molecule has 0 aliphatic rings. The summed E-state index contributed by atoms with van der Waals surface area (Å²) in [5.74, 6) is 2.47. The normalized spacial score (nSPS) is 11.3. The summed E-state index contributed by atoms with van der Waals surface area (Å²) < 4.78 is 23.3. The molecular formula is C37H41NO5. The van der Waals surface area contributed by atoms with Crippen LogP contribution in [0.2, 0.25) is 0 Å². The Kier molecular flexibility index (Phi) is 10.9. The number of carbonyl (C=O) groups excluding carboxylic acids is 1. The van der Waals surface area contributed by atoms with Crippen LogP contribution < -0.4 is 24.3 Å². The van der Waals surface area contributed by atoms with Gasteiger partial charge in [0.25, 0.3) is 0 Å². The fourth-order valence-electron chi connectivity index (χ4n) is 4.65. The molecule has 6 heteroatoms. The van der Waals surface area contributed by atoms with Gasteiger partial charge in [-0.15, -0.1) is 0 Å². The van der Waals surface area contributed by atoms with Gasteiger partial charge in [0.1, 0.15) is 13.2 Å². The fraction of sp³-hybridized carbons (Fsp3) is 0.270. The van der Waals surface area contributed by atoms with Gasteiger partial charge in [-0.05, 0) is 70.0 Å². The van der Waals surface area contributed by atoms with Crippen molar-refractivity contribution in [3.05, 3.63) is 125 Å². The predicted octanol–water partition coefficient (Wildman–Crippen LogP) is 7.53. The molecule has 0 spiro atoms. The lowest BCUT2D eigenvalue weighted by Gasteiger charge is -2.24. The lowest BCUT2D eigenvalue weighted by atomic mass is 9.83. The van der Waals surface area contributed by atoms with Crippen molar-refractivity contribution in [2.45, 2.75) is 45.8 Å². The van der Waals surface area contributed by atoms with E-state index in [1.807, 2.05) is 97.1 Å². The molecule has 1 N–H and O–H groups in total. The Hall–Kier alpha value is -4.71. The molecule has 0 unspecified atom stereocenters. The Morgan fingerprint density at radius 2 is 1.28 bits per heavy atom. The number of hydrogen-bond donors (Lipinski definition) is 1. The highest BCUT2D eigenvalue weighted by Gasteiger charge is 2.21. The first-order chi connectivity index (χ1) is 20.8. The number of amides is 1. The van der Waals surface area contributed by atoms with Crippen LogP contribution in [0.1, 0.15) is 48.6 Å². The van der Waals surface area contributed by atoms with E-state index in [9.17, 15) is 4.79 Å².